The Bertz CT molecular complexity index is 610. The number of carbonyl (C=O) groups excluding carboxylic acids is 1. The largest absolute Gasteiger partial charge is 0.477 e. The van der Waals surface area contributed by atoms with Gasteiger partial charge in [-0.1, -0.05) is 29.4 Å². The highest BCUT2D eigenvalue weighted by molar-refractivity contribution is 5.97. The predicted octanol–water partition coefficient (Wildman–Crippen LogP) is 2.55. The molecule has 1 heterocycles. The number of carbonyl (C=O) groups is 2. The molecule has 0 radical (unpaired) electrons. The van der Waals surface area contributed by atoms with E-state index in [-0.39, 0.29) is 17.1 Å². The van der Waals surface area contributed by atoms with Crippen molar-refractivity contribution in [2.24, 2.45) is 0 Å². The highest BCUT2D eigenvalue weighted by Crippen LogP contribution is 2.26. The van der Waals surface area contributed by atoms with Gasteiger partial charge in [0.05, 0.1) is 5.69 Å². The molecule has 0 saturated carbocycles. The molecule has 92 valence electrons. The highest BCUT2D eigenvalue weighted by Gasteiger charge is 2.20. The number of nitrogens with zero attached hydrogens (tertiary/aromatic N) is 1. The number of aromatic carboxylic acids is 1. The molecule has 18 heavy (non-hydrogen) atoms. The molecule has 0 bridgehead atoms. The lowest BCUT2D eigenvalue weighted by atomic mass is 10.0. The molecule has 0 spiro atoms. The van der Waals surface area contributed by atoms with E-state index in [9.17, 15) is 9.59 Å². The maximum absolute atomic E-state index is 11.1. The van der Waals surface area contributed by atoms with Gasteiger partial charge in [-0.15, -0.1) is 0 Å². The van der Waals surface area contributed by atoms with Gasteiger partial charge in [0.1, 0.15) is 5.56 Å². The fourth-order valence-corrected chi connectivity index (χ4v) is 1.67. The van der Waals surface area contributed by atoms with Crippen LogP contribution in [-0.2, 0) is 0 Å². The third kappa shape index (κ3) is 2.02. The topological polar surface area (TPSA) is 80.4 Å². The van der Waals surface area contributed by atoms with Gasteiger partial charge in [0.2, 0.25) is 0 Å². The first-order valence-corrected chi connectivity index (χ1v) is 5.31. The number of carboxylic acids is 1. The molecule has 0 fully saturated rings. The summed E-state index contributed by atoms with van der Waals surface area (Å²) in [6.45, 7) is 3.04. The molecule has 5 heteroatoms. The van der Waals surface area contributed by atoms with Crippen molar-refractivity contribution in [2.45, 2.75) is 13.8 Å². The maximum Gasteiger partial charge on any atom is 0.341 e. The molecule has 0 saturated heterocycles. The Morgan fingerprint density at radius 1 is 1.22 bits per heavy atom. The van der Waals surface area contributed by atoms with E-state index in [1.165, 1.54) is 6.92 Å². The number of ketones is 1. The monoisotopic (exact) mass is 245 g/mol. The van der Waals surface area contributed by atoms with Crippen molar-refractivity contribution in [3.8, 4) is 11.3 Å². The lowest BCUT2D eigenvalue weighted by molar-refractivity contribution is 0.0696. The summed E-state index contributed by atoms with van der Waals surface area (Å²) in [4.78, 5) is 22.2. The van der Waals surface area contributed by atoms with Crippen LogP contribution in [0.2, 0.25) is 0 Å². The molecule has 2 rings (SSSR count). The molecule has 1 N–H and O–H groups in total. The molecule has 0 unspecified atom stereocenters. The number of hydrogen-bond acceptors (Lipinski definition) is 4. The predicted molar refractivity (Wildman–Crippen MR) is 63.6 cm³/mol. The van der Waals surface area contributed by atoms with E-state index in [0.29, 0.717) is 16.8 Å². The molecule has 0 aliphatic rings. The number of benzene rings is 1. The lowest BCUT2D eigenvalue weighted by Gasteiger charge is -2.00. The number of carboxylic acid groups (broad SMARTS) is 1. The number of Topliss-reactive ketones (excluding diaryl/α,β-unsaturated/α-hetero) is 1. The van der Waals surface area contributed by atoms with Gasteiger partial charge in [0.15, 0.2) is 11.5 Å². The second-order valence-electron chi connectivity index (χ2n) is 3.91. The molecule has 0 atom stereocenters. The normalized spacial score (nSPS) is 10.3. The molecule has 2 aromatic rings. The SMILES string of the molecule is CC(=O)c1ccc(-c2onc(C)c2C(=O)O)cc1. The first-order chi connectivity index (χ1) is 8.50. The Morgan fingerprint density at radius 2 is 1.83 bits per heavy atom. The van der Waals surface area contributed by atoms with Crippen LogP contribution in [0, 0.1) is 6.92 Å². The standard InChI is InChI=1S/C13H11NO4/c1-7-11(13(16)17)12(18-14-7)10-5-3-9(4-6-10)8(2)15/h3-6H,1-2H3,(H,16,17). The van der Waals surface area contributed by atoms with Crippen LogP contribution in [0.25, 0.3) is 11.3 Å². The zero-order valence-electron chi connectivity index (χ0n) is 9.93. The quantitative estimate of drug-likeness (QED) is 0.840. The Balaban J connectivity index is 2.49. The van der Waals surface area contributed by atoms with Crippen molar-refractivity contribution in [1.29, 1.82) is 0 Å². The summed E-state index contributed by atoms with van der Waals surface area (Å²) in [5, 5.41) is 12.7. The number of rotatable bonds is 3. The third-order valence-corrected chi connectivity index (χ3v) is 2.63. The Morgan fingerprint density at radius 3 is 2.33 bits per heavy atom. The zero-order chi connectivity index (χ0) is 13.3. The Hall–Kier alpha value is -2.43. The van der Waals surface area contributed by atoms with Crippen LogP contribution < -0.4 is 0 Å². The number of aryl methyl sites for hydroxylation is 1. The van der Waals surface area contributed by atoms with Crippen LogP contribution >= 0.6 is 0 Å². The van der Waals surface area contributed by atoms with Gasteiger partial charge < -0.3 is 9.63 Å². The van der Waals surface area contributed by atoms with E-state index >= 15 is 0 Å². The third-order valence-electron chi connectivity index (χ3n) is 2.63. The van der Waals surface area contributed by atoms with E-state index in [4.69, 9.17) is 9.63 Å². The minimum absolute atomic E-state index is 0.0468. The average Bonchev–Trinajstić information content (AvgIpc) is 2.71. The fraction of sp³-hybridized carbons (Fsp3) is 0.154. The molecular formula is C13H11NO4. The van der Waals surface area contributed by atoms with Crippen molar-refractivity contribution >= 4 is 11.8 Å². The second kappa shape index (κ2) is 4.44. The Labute approximate surface area is 103 Å². The van der Waals surface area contributed by atoms with Gasteiger partial charge >= 0.3 is 5.97 Å². The Kier molecular flexibility index (Phi) is 2.97. The van der Waals surface area contributed by atoms with E-state index in [1.807, 2.05) is 0 Å². The highest BCUT2D eigenvalue weighted by atomic mass is 16.5. The molecule has 0 amide bonds. The van der Waals surface area contributed by atoms with Gasteiger partial charge in [-0.25, -0.2) is 4.79 Å². The van der Waals surface area contributed by atoms with Crippen molar-refractivity contribution in [1.82, 2.24) is 5.16 Å². The molecule has 1 aromatic carbocycles. The average molecular weight is 245 g/mol. The molecule has 0 aliphatic heterocycles. The molecular weight excluding hydrogens is 234 g/mol. The van der Waals surface area contributed by atoms with Crippen LogP contribution in [-0.4, -0.2) is 22.0 Å². The van der Waals surface area contributed by atoms with E-state index in [1.54, 1.807) is 31.2 Å². The minimum atomic E-state index is -1.08. The summed E-state index contributed by atoms with van der Waals surface area (Å²) in [5.74, 6) is -0.928. The summed E-state index contributed by atoms with van der Waals surface area (Å²) in [6.07, 6.45) is 0. The molecule has 5 nitrogen and oxygen atoms in total. The van der Waals surface area contributed by atoms with Crippen molar-refractivity contribution in [2.75, 3.05) is 0 Å². The van der Waals surface area contributed by atoms with Crippen molar-refractivity contribution in [3.63, 3.8) is 0 Å². The van der Waals surface area contributed by atoms with Gasteiger partial charge in [-0.3, -0.25) is 4.79 Å². The van der Waals surface area contributed by atoms with Gasteiger partial charge in [0, 0.05) is 11.1 Å². The van der Waals surface area contributed by atoms with Crippen molar-refractivity contribution < 1.29 is 19.2 Å². The van der Waals surface area contributed by atoms with Crippen LogP contribution in [0.15, 0.2) is 28.8 Å². The fourth-order valence-electron chi connectivity index (χ4n) is 1.67. The summed E-state index contributed by atoms with van der Waals surface area (Å²) in [5.41, 5.74) is 1.52. The van der Waals surface area contributed by atoms with E-state index < -0.39 is 5.97 Å². The first kappa shape index (κ1) is 12.0. The minimum Gasteiger partial charge on any atom is -0.477 e. The molecule has 0 aliphatic carbocycles. The smallest absolute Gasteiger partial charge is 0.341 e. The zero-order valence-corrected chi connectivity index (χ0v) is 9.93. The molecule has 1 aromatic heterocycles. The van der Waals surface area contributed by atoms with Crippen LogP contribution in [0.1, 0.15) is 33.3 Å². The lowest BCUT2D eigenvalue weighted by Crippen LogP contribution is -1.99. The van der Waals surface area contributed by atoms with Gasteiger partial charge in [-0.2, -0.15) is 0 Å². The summed E-state index contributed by atoms with van der Waals surface area (Å²) >= 11 is 0. The van der Waals surface area contributed by atoms with E-state index in [2.05, 4.69) is 5.16 Å². The summed E-state index contributed by atoms with van der Waals surface area (Å²) < 4.78 is 5.03. The van der Waals surface area contributed by atoms with Gasteiger partial charge in [0.25, 0.3) is 0 Å². The summed E-state index contributed by atoms with van der Waals surface area (Å²) in [7, 11) is 0. The van der Waals surface area contributed by atoms with Crippen LogP contribution in [0.5, 0.6) is 0 Å². The second-order valence-corrected chi connectivity index (χ2v) is 3.91. The maximum atomic E-state index is 11.1. The first-order valence-electron chi connectivity index (χ1n) is 5.31. The van der Waals surface area contributed by atoms with Crippen LogP contribution in [0.3, 0.4) is 0 Å². The van der Waals surface area contributed by atoms with Crippen molar-refractivity contribution in [3.05, 3.63) is 41.1 Å². The van der Waals surface area contributed by atoms with E-state index in [0.717, 1.165) is 0 Å². The van der Waals surface area contributed by atoms with Gasteiger partial charge in [-0.05, 0) is 13.8 Å². The van der Waals surface area contributed by atoms with Crippen LogP contribution in [0.4, 0.5) is 0 Å². The summed E-state index contributed by atoms with van der Waals surface area (Å²) in [6, 6.07) is 6.54. The number of hydrogen-bond donors (Lipinski definition) is 1. The number of aromatic nitrogens is 1.